The molecule has 1 aromatic rings. The Kier molecular flexibility index (Phi) is 4.49. The fourth-order valence-corrected chi connectivity index (χ4v) is 1.76. The SMILES string of the molecule is CC(C)(C)C(O)CNc1c(F)cc(F)cc1Br. The molecule has 1 aromatic carbocycles. The van der Waals surface area contributed by atoms with Crippen LogP contribution in [0, 0.1) is 17.0 Å². The predicted octanol–water partition coefficient (Wildman–Crippen LogP) is 3.55. The standard InChI is InChI=1S/C12H16BrF2NO/c1-12(2,3)10(17)6-16-11-8(13)4-7(14)5-9(11)15/h4-5,10,16-17H,6H2,1-3H3. The highest BCUT2D eigenvalue weighted by atomic mass is 79.9. The van der Waals surface area contributed by atoms with Gasteiger partial charge in [-0.3, -0.25) is 0 Å². The van der Waals surface area contributed by atoms with Gasteiger partial charge in [-0.2, -0.15) is 0 Å². The summed E-state index contributed by atoms with van der Waals surface area (Å²) in [5.41, 5.74) is -0.134. The Hall–Kier alpha value is -0.680. The van der Waals surface area contributed by atoms with Crippen molar-refractivity contribution in [2.75, 3.05) is 11.9 Å². The summed E-state index contributed by atoms with van der Waals surface area (Å²) in [6.07, 6.45) is -0.626. The lowest BCUT2D eigenvalue weighted by Crippen LogP contribution is -2.33. The van der Waals surface area contributed by atoms with Crippen LogP contribution in [0.15, 0.2) is 16.6 Å². The van der Waals surface area contributed by atoms with Gasteiger partial charge in [0, 0.05) is 17.1 Å². The number of hydrogen-bond donors (Lipinski definition) is 2. The van der Waals surface area contributed by atoms with Gasteiger partial charge in [0.05, 0.1) is 11.8 Å². The molecule has 2 nitrogen and oxygen atoms in total. The third-order valence-electron chi connectivity index (χ3n) is 2.48. The van der Waals surface area contributed by atoms with E-state index in [1.807, 2.05) is 20.8 Å². The van der Waals surface area contributed by atoms with Gasteiger partial charge >= 0.3 is 0 Å². The average molecular weight is 308 g/mol. The summed E-state index contributed by atoms with van der Waals surface area (Å²) in [4.78, 5) is 0. The zero-order valence-corrected chi connectivity index (χ0v) is 11.6. The first-order valence-corrected chi connectivity index (χ1v) is 6.07. The van der Waals surface area contributed by atoms with Crippen LogP contribution in [0.2, 0.25) is 0 Å². The number of aliphatic hydroxyl groups is 1. The minimum absolute atomic E-state index is 0.162. The molecular weight excluding hydrogens is 292 g/mol. The molecule has 0 amide bonds. The van der Waals surface area contributed by atoms with Gasteiger partial charge in [0.2, 0.25) is 0 Å². The summed E-state index contributed by atoms with van der Waals surface area (Å²) in [5.74, 6) is -1.32. The van der Waals surface area contributed by atoms with E-state index < -0.39 is 17.7 Å². The molecule has 96 valence electrons. The van der Waals surface area contributed by atoms with Gasteiger partial charge in [-0.1, -0.05) is 20.8 Å². The maximum absolute atomic E-state index is 13.4. The number of halogens is 3. The van der Waals surface area contributed by atoms with Crippen molar-refractivity contribution in [3.63, 3.8) is 0 Å². The van der Waals surface area contributed by atoms with E-state index in [-0.39, 0.29) is 17.6 Å². The van der Waals surface area contributed by atoms with E-state index in [2.05, 4.69) is 21.2 Å². The molecule has 0 aliphatic carbocycles. The largest absolute Gasteiger partial charge is 0.391 e. The zero-order valence-electron chi connectivity index (χ0n) is 10.0. The molecule has 0 aliphatic heterocycles. The second-order valence-corrected chi connectivity index (χ2v) is 5.86. The summed E-state index contributed by atoms with van der Waals surface area (Å²) in [6.45, 7) is 5.85. The second kappa shape index (κ2) is 5.31. The first-order chi connectivity index (χ1) is 7.71. The molecule has 2 N–H and O–H groups in total. The molecule has 0 spiro atoms. The van der Waals surface area contributed by atoms with E-state index in [1.54, 1.807) is 0 Å². The van der Waals surface area contributed by atoms with Crippen LogP contribution in [0.4, 0.5) is 14.5 Å². The molecule has 0 saturated carbocycles. The van der Waals surface area contributed by atoms with Crippen LogP contribution < -0.4 is 5.32 Å². The summed E-state index contributed by atoms with van der Waals surface area (Å²) >= 11 is 3.07. The van der Waals surface area contributed by atoms with E-state index in [1.165, 1.54) is 6.07 Å². The summed E-state index contributed by atoms with van der Waals surface area (Å²) < 4.78 is 26.6. The van der Waals surface area contributed by atoms with E-state index in [0.29, 0.717) is 4.47 Å². The number of hydrogen-bond acceptors (Lipinski definition) is 2. The highest BCUT2D eigenvalue weighted by molar-refractivity contribution is 9.10. The molecule has 1 rings (SSSR count). The molecule has 0 heterocycles. The van der Waals surface area contributed by atoms with Crippen LogP contribution in [-0.4, -0.2) is 17.8 Å². The average Bonchev–Trinajstić information content (AvgIpc) is 2.13. The van der Waals surface area contributed by atoms with E-state index in [9.17, 15) is 13.9 Å². The molecule has 0 aliphatic rings. The van der Waals surface area contributed by atoms with Gasteiger partial charge in [-0.15, -0.1) is 0 Å². The fourth-order valence-electron chi connectivity index (χ4n) is 1.22. The lowest BCUT2D eigenvalue weighted by atomic mass is 9.89. The highest BCUT2D eigenvalue weighted by Crippen LogP contribution is 2.27. The Bertz CT molecular complexity index is 381. The van der Waals surface area contributed by atoms with Crippen molar-refractivity contribution in [3.8, 4) is 0 Å². The molecule has 0 bridgehead atoms. The van der Waals surface area contributed by atoms with E-state index in [0.717, 1.165) is 6.07 Å². The topological polar surface area (TPSA) is 32.3 Å². The van der Waals surface area contributed by atoms with Crippen LogP contribution in [0.25, 0.3) is 0 Å². The minimum Gasteiger partial charge on any atom is -0.391 e. The molecule has 17 heavy (non-hydrogen) atoms. The van der Waals surface area contributed by atoms with Crippen molar-refractivity contribution in [2.24, 2.45) is 5.41 Å². The van der Waals surface area contributed by atoms with Gasteiger partial charge in [0.25, 0.3) is 0 Å². The van der Waals surface area contributed by atoms with Crippen molar-refractivity contribution in [1.29, 1.82) is 0 Å². The first kappa shape index (κ1) is 14.4. The first-order valence-electron chi connectivity index (χ1n) is 5.28. The molecule has 5 heteroatoms. The Morgan fingerprint density at radius 2 is 1.94 bits per heavy atom. The highest BCUT2D eigenvalue weighted by Gasteiger charge is 2.22. The Labute approximate surface area is 108 Å². The molecule has 0 radical (unpaired) electrons. The van der Waals surface area contributed by atoms with Crippen molar-refractivity contribution in [2.45, 2.75) is 26.9 Å². The Morgan fingerprint density at radius 1 is 1.35 bits per heavy atom. The van der Waals surface area contributed by atoms with Gasteiger partial charge in [0.15, 0.2) is 0 Å². The Balaban J connectivity index is 2.77. The van der Waals surface area contributed by atoms with Crippen molar-refractivity contribution < 1.29 is 13.9 Å². The predicted molar refractivity (Wildman–Crippen MR) is 68.0 cm³/mol. The quantitative estimate of drug-likeness (QED) is 0.895. The molecular formula is C12H16BrF2NO. The van der Waals surface area contributed by atoms with Crippen LogP contribution in [0.1, 0.15) is 20.8 Å². The van der Waals surface area contributed by atoms with E-state index in [4.69, 9.17) is 0 Å². The number of rotatable bonds is 3. The third kappa shape index (κ3) is 3.92. The maximum atomic E-state index is 13.4. The lowest BCUT2D eigenvalue weighted by Gasteiger charge is -2.26. The monoisotopic (exact) mass is 307 g/mol. The number of anilines is 1. The molecule has 1 atom stereocenters. The van der Waals surface area contributed by atoms with Gasteiger partial charge < -0.3 is 10.4 Å². The summed E-state index contributed by atoms with van der Waals surface area (Å²) in [7, 11) is 0. The van der Waals surface area contributed by atoms with Crippen LogP contribution in [0.5, 0.6) is 0 Å². The third-order valence-corrected chi connectivity index (χ3v) is 3.10. The lowest BCUT2D eigenvalue weighted by molar-refractivity contribution is 0.0745. The van der Waals surface area contributed by atoms with Gasteiger partial charge in [-0.25, -0.2) is 8.78 Å². The number of aliphatic hydroxyl groups excluding tert-OH is 1. The van der Waals surface area contributed by atoms with Crippen LogP contribution >= 0.6 is 15.9 Å². The summed E-state index contributed by atoms with van der Waals surface area (Å²) in [6, 6.07) is 1.98. The maximum Gasteiger partial charge on any atom is 0.150 e. The van der Waals surface area contributed by atoms with Crippen molar-refractivity contribution in [3.05, 3.63) is 28.2 Å². The van der Waals surface area contributed by atoms with Gasteiger partial charge in [0.1, 0.15) is 11.6 Å². The summed E-state index contributed by atoms with van der Waals surface area (Å²) in [5, 5.41) is 12.6. The van der Waals surface area contributed by atoms with Crippen LogP contribution in [0.3, 0.4) is 0 Å². The number of benzene rings is 1. The number of nitrogens with one attached hydrogen (secondary N) is 1. The molecule has 1 unspecified atom stereocenters. The Morgan fingerprint density at radius 3 is 2.41 bits per heavy atom. The van der Waals surface area contributed by atoms with E-state index >= 15 is 0 Å². The zero-order chi connectivity index (χ0) is 13.2. The normalized spacial score (nSPS) is 13.6. The van der Waals surface area contributed by atoms with Crippen molar-refractivity contribution >= 4 is 21.6 Å². The van der Waals surface area contributed by atoms with Crippen LogP contribution in [-0.2, 0) is 0 Å². The molecule has 0 saturated heterocycles. The fraction of sp³-hybridized carbons (Fsp3) is 0.500. The van der Waals surface area contributed by atoms with Crippen molar-refractivity contribution in [1.82, 2.24) is 0 Å². The second-order valence-electron chi connectivity index (χ2n) is 5.01. The molecule has 0 aromatic heterocycles. The smallest absolute Gasteiger partial charge is 0.150 e. The molecule has 0 fully saturated rings. The minimum atomic E-state index is -0.682. The van der Waals surface area contributed by atoms with Gasteiger partial charge in [-0.05, 0) is 27.4 Å².